The molecule has 0 radical (unpaired) electrons. The number of nitrogens with zero attached hydrogens (tertiary/aromatic N) is 1. The lowest BCUT2D eigenvalue weighted by Gasteiger charge is -2.15. The van der Waals surface area contributed by atoms with Gasteiger partial charge < -0.3 is 10.2 Å². The molecule has 1 aliphatic heterocycles. The van der Waals surface area contributed by atoms with Gasteiger partial charge in [0.2, 0.25) is 0 Å². The van der Waals surface area contributed by atoms with Gasteiger partial charge in [0, 0.05) is 29.8 Å². The number of alkyl halides is 3. The maximum Gasteiger partial charge on any atom is 0.416 e. The minimum absolute atomic E-state index is 0.550. The molecule has 1 saturated heterocycles. The Kier molecular flexibility index (Phi) is 5.35. The molecule has 1 aromatic carbocycles. The standard InChI is InChI=1S/C14H19F3N2S/c1-18-12-5-6-19(10-12)7-8-20-13-4-2-3-11(9-13)14(15,16)17/h2-4,9,12,18H,5-8,10H2,1H3. The summed E-state index contributed by atoms with van der Waals surface area (Å²) < 4.78 is 37.8. The molecule has 20 heavy (non-hydrogen) atoms. The zero-order valence-corrected chi connectivity index (χ0v) is 12.2. The molecule has 2 nitrogen and oxygen atoms in total. The molecule has 1 N–H and O–H groups in total. The fraction of sp³-hybridized carbons (Fsp3) is 0.571. The third-order valence-electron chi connectivity index (χ3n) is 3.52. The molecule has 112 valence electrons. The summed E-state index contributed by atoms with van der Waals surface area (Å²) in [6, 6.07) is 6.10. The Bertz CT molecular complexity index is 437. The fourth-order valence-electron chi connectivity index (χ4n) is 2.33. The molecule has 0 spiro atoms. The number of likely N-dealkylation sites (tertiary alicyclic amines) is 1. The highest BCUT2D eigenvalue weighted by atomic mass is 32.2. The van der Waals surface area contributed by atoms with Gasteiger partial charge in [0.15, 0.2) is 0 Å². The van der Waals surface area contributed by atoms with Gasteiger partial charge in [0.25, 0.3) is 0 Å². The summed E-state index contributed by atoms with van der Waals surface area (Å²) >= 11 is 1.48. The van der Waals surface area contributed by atoms with E-state index in [-0.39, 0.29) is 0 Å². The molecule has 0 bridgehead atoms. The van der Waals surface area contributed by atoms with Crippen LogP contribution in [0.5, 0.6) is 0 Å². The van der Waals surface area contributed by atoms with Crippen molar-refractivity contribution >= 4 is 11.8 Å². The Balaban J connectivity index is 1.80. The van der Waals surface area contributed by atoms with Crippen LogP contribution >= 0.6 is 11.8 Å². The summed E-state index contributed by atoms with van der Waals surface area (Å²) in [6.07, 6.45) is -3.11. The monoisotopic (exact) mass is 304 g/mol. The van der Waals surface area contributed by atoms with Crippen LogP contribution in [-0.4, -0.2) is 43.4 Å². The van der Waals surface area contributed by atoms with Gasteiger partial charge in [-0.3, -0.25) is 0 Å². The van der Waals surface area contributed by atoms with Crippen LogP contribution in [-0.2, 0) is 6.18 Å². The quantitative estimate of drug-likeness (QED) is 0.842. The second kappa shape index (κ2) is 6.83. The Morgan fingerprint density at radius 2 is 2.20 bits per heavy atom. The van der Waals surface area contributed by atoms with Crippen LogP contribution in [0.25, 0.3) is 0 Å². The van der Waals surface area contributed by atoms with E-state index >= 15 is 0 Å². The largest absolute Gasteiger partial charge is 0.416 e. The van der Waals surface area contributed by atoms with Crippen molar-refractivity contribution in [2.24, 2.45) is 0 Å². The Morgan fingerprint density at radius 1 is 1.40 bits per heavy atom. The molecule has 1 aromatic rings. The summed E-state index contributed by atoms with van der Waals surface area (Å²) in [5, 5.41) is 3.25. The number of nitrogens with one attached hydrogen (secondary N) is 1. The normalized spacial score (nSPS) is 20.5. The lowest BCUT2D eigenvalue weighted by atomic mass is 10.2. The topological polar surface area (TPSA) is 15.3 Å². The summed E-state index contributed by atoms with van der Waals surface area (Å²) in [5.41, 5.74) is -0.570. The predicted octanol–water partition coefficient (Wildman–Crippen LogP) is 3.09. The Hall–Kier alpha value is -0.720. The first-order valence-corrected chi connectivity index (χ1v) is 7.67. The van der Waals surface area contributed by atoms with E-state index in [0.29, 0.717) is 10.9 Å². The highest BCUT2D eigenvalue weighted by Gasteiger charge is 2.30. The van der Waals surface area contributed by atoms with Crippen LogP contribution in [0.15, 0.2) is 29.2 Å². The van der Waals surface area contributed by atoms with E-state index in [2.05, 4.69) is 10.2 Å². The Morgan fingerprint density at radius 3 is 2.85 bits per heavy atom. The highest BCUT2D eigenvalue weighted by Crippen LogP contribution is 2.31. The number of hydrogen-bond donors (Lipinski definition) is 1. The van der Waals surface area contributed by atoms with Gasteiger partial charge in [-0.15, -0.1) is 11.8 Å². The number of benzene rings is 1. The SMILES string of the molecule is CNC1CCN(CCSc2cccc(C(F)(F)F)c2)C1. The van der Waals surface area contributed by atoms with Crippen molar-refractivity contribution in [3.8, 4) is 0 Å². The van der Waals surface area contributed by atoms with E-state index < -0.39 is 11.7 Å². The Labute approximate surface area is 121 Å². The third kappa shape index (κ3) is 4.40. The van der Waals surface area contributed by atoms with Gasteiger partial charge in [-0.2, -0.15) is 13.2 Å². The van der Waals surface area contributed by atoms with E-state index in [4.69, 9.17) is 0 Å². The minimum Gasteiger partial charge on any atom is -0.316 e. The van der Waals surface area contributed by atoms with Crippen LogP contribution in [0.2, 0.25) is 0 Å². The van der Waals surface area contributed by atoms with Gasteiger partial charge >= 0.3 is 6.18 Å². The minimum atomic E-state index is -4.26. The smallest absolute Gasteiger partial charge is 0.316 e. The van der Waals surface area contributed by atoms with E-state index in [1.807, 2.05) is 7.05 Å². The molecule has 2 rings (SSSR count). The van der Waals surface area contributed by atoms with Crippen LogP contribution in [0.1, 0.15) is 12.0 Å². The number of halogens is 3. The lowest BCUT2D eigenvalue weighted by Crippen LogP contribution is -2.30. The molecular weight excluding hydrogens is 285 g/mol. The molecule has 0 aliphatic carbocycles. The van der Waals surface area contributed by atoms with Crippen LogP contribution in [0, 0.1) is 0 Å². The predicted molar refractivity (Wildman–Crippen MR) is 76.1 cm³/mol. The van der Waals surface area contributed by atoms with E-state index in [1.165, 1.54) is 23.9 Å². The van der Waals surface area contributed by atoms with Gasteiger partial charge in [0.1, 0.15) is 0 Å². The van der Waals surface area contributed by atoms with Crippen molar-refractivity contribution in [1.29, 1.82) is 0 Å². The molecule has 1 fully saturated rings. The number of hydrogen-bond acceptors (Lipinski definition) is 3. The second-order valence-electron chi connectivity index (χ2n) is 4.95. The van der Waals surface area contributed by atoms with Gasteiger partial charge in [-0.05, 0) is 38.2 Å². The average molecular weight is 304 g/mol. The van der Waals surface area contributed by atoms with Crippen LogP contribution in [0.4, 0.5) is 13.2 Å². The molecule has 6 heteroatoms. The van der Waals surface area contributed by atoms with Gasteiger partial charge in [-0.25, -0.2) is 0 Å². The van der Waals surface area contributed by atoms with E-state index in [9.17, 15) is 13.2 Å². The van der Waals surface area contributed by atoms with Crippen LogP contribution in [0.3, 0.4) is 0 Å². The zero-order valence-electron chi connectivity index (χ0n) is 11.4. The van der Waals surface area contributed by atoms with Crippen molar-refractivity contribution in [3.05, 3.63) is 29.8 Å². The van der Waals surface area contributed by atoms with E-state index in [0.717, 1.165) is 37.9 Å². The van der Waals surface area contributed by atoms with Crippen molar-refractivity contribution < 1.29 is 13.2 Å². The lowest BCUT2D eigenvalue weighted by molar-refractivity contribution is -0.137. The maximum atomic E-state index is 12.6. The fourth-order valence-corrected chi connectivity index (χ4v) is 3.30. The molecule has 0 amide bonds. The highest BCUT2D eigenvalue weighted by molar-refractivity contribution is 7.99. The van der Waals surface area contributed by atoms with Gasteiger partial charge in [0.05, 0.1) is 5.56 Å². The van der Waals surface area contributed by atoms with Crippen molar-refractivity contribution in [2.75, 3.05) is 32.4 Å². The molecule has 0 aromatic heterocycles. The number of likely N-dealkylation sites (N-methyl/N-ethyl adjacent to an activating group) is 1. The summed E-state index contributed by atoms with van der Waals surface area (Å²) in [7, 11) is 1.96. The third-order valence-corrected chi connectivity index (χ3v) is 4.49. The molecule has 1 heterocycles. The maximum absolute atomic E-state index is 12.6. The zero-order chi connectivity index (χ0) is 14.6. The van der Waals surface area contributed by atoms with Gasteiger partial charge in [-0.1, -0.05) is 6.07 Å². The molecule has 1 aliphatic rings. The number of rotatable bonds is 5. The van der Waals surface area contributed by atoms with Crippen molar-refractivity contribution in [1.82, 2.24) is 10.2 Å². The molecular formula is C14H19F3N2S. The summed E-state index contributed by atoms with van der Waals surface area (Å²) in [5.74, 6) is 0.817. The molecule has 1 atom stereocenters. The molecule has 1 unspecified atom stereocenters. The first-order valence-electron chi connectivity index (χ1n) is 6.68. The number of thioether (sulfide) groups is 1. The van der Waals surface area contributed by atoms with Crippen LogP contribution < -0.4 is 5.32 Å². The van der Waals surface area contributed by atoms with E-state index in [1.54, 1.807) is 6.07 Å². The average Bonchev–Trinajstić information content (AvgIpc) is 2.86. The molecule has 0 saturated carbocycles. The second-order valence-corrected chi connectivity index (χ2v) is 6.12. The first-order chi connectivity index (χ1) is 9.49. The van der Waals surface area contributed by atoms with Crippen molar-refractivity contribution in [3.63, 3.8) is 0 Å². The van der Waals surface area contributed by atoms with Crippen molar-refractivity contribution in [2.45, 2.75) is 23.5 Å². The summed E-state index contributed by atoms with van der Waals surface area (Å²) in [4.78, 5) is 3.03. The first kappa shape index (κ1) is 15.7. The summed E-state index contributed by atoms with van der Waals surface area (Å²) in [6.45, 7) is 3.01.